The number of aliphatic hydroxyl groups is 5. The highest BCUT2D eigenvalue weighted by molar-refractivity contribution is 5.76. The topological polar surface area (TPSA) is 175 Å². The minimum atomic E-state index is -1.58. The molecule has 11 nitrogen and oxygen atoms in total. The number of unbranched alkanes of at least 4 members (excludes halogenated alkanes) is 31. The first-order valence-electron chi connectivity index (χ1n) is 32.2. The van der Waals surface area contributed by atoms with E-state index in [1.165, 1.54) is 161 Å². The normalized spacial score (nSPS) is 19.0. The lowest BCUT2D eigenvalue weighted by Gasteiger charge is -2.40. The highest BCUT2D eigenvalue weighted by Gasteiger charge is 2.44. The highest BCUT2D eigenvalue weighted by Crippen LogP contribution is 2.23. The van der Waals surface area contributed by atoms with Gasteiger partial charge in [-0.3, -0.25) is 9.59 Å². The average Bonchev–Trinajstić information content (AvgIpc) is 3.45. The monoisotopic (exact) mass is 1100 g/mol. The average molecular weight is 1100 g/mol. The number of allylic oxidation sites excluding steroid dienone is 10. The second-order valence-corrected chi connectivity index (χ2v) is 22.1. The second-order valence-electron chi connectivity index (χ2n) is 22.1. The fourth-order valence-corrected chi connectivity index (χ4v) is 9.66. The van der Waals surface area contributed by atoms with E-state index in [0.29, 0.717) is 19.4 Å². The Kier molecular flexibility index (Phi) is 52.5. The molecule has 452 valence electrons. The predicted molar refractivity (Wildman–Crippen MR) is 324 cm³/mol. The molecule has 78 heavy (non-hydrogen) atoms. The summed E-state index contributed by atoms with van der Waals surface area (Å²) < 4.78 is 16.7. The van der Waals surface area contributed by atoms with Crippen LogP contribution in [0.1, 0.15) is 277 Å². The van der Waals surface area contributed by atoms with Gasteiger partial charge in [0.15, 0.2) is 6.29 Å². The molecular weight excluding hydrogens is 979 g/mol. The molecule has 6 N–H and O–H groups in total. The molecule has 1 aliphatic heterocycles. The van der Waals surface area contributed by atoms with Gasteiger partial charge in [0.1, 0.15) is 24.4 Å². The Bertz CT molecular complexity index is 1520. The number of carbonyl (C=O) groups excluding carboxylic acids is 2. The van der Waals surface area contributed by atoms with Gasteiger partial charge in [0.05, 0.1) is 32.0 Å². The van der Waals surface area contributed by atoms with Crippen molar-refractivity contribution in [2.24, 2.45) is 0 Å². The van der Waals surface area contributed by atoms with Crippen molar-refractivity contribution in [1.29, 1.82) is 0 Å². The molecule has 7 unspecified atom stereocenters. The summed E-state index contributed by atoms with van der Waals surface area (Å²) >= 11 is 0. The smallest absolute Gasteiger partial charge is 0.305 e. The van der Waals surface area contributed by atoms with Crippen molar-refractivity contribution >= 4 is 11.9 Å². The molecule has 1 rings (SSSR count). The zero-order valence-corrected chi connectivity index (χ0v) is 49.9. The van der Waals surface area contributed by atoms with E-state index in [9.17, 15) is 35.1 Å². The van der Waals surface area contributed by atoms with Gasteiger partial charge in [-0.05, 0) is 89.9 Å². The number of nitrogens with one attached hydrogen (secondary N) is 1. The fourth-order valence-electron chi connectivity index (χ4n) is 9.66. The van der Waals surface area contributed by atoms with Crippen molar-refractivity contribution in [2.75, 3.05) is 19.8 Å². The predicted octanol–water partition coefficient (Wildman–Crippen LogP) is 15.6. The minimum Gasteiger partial charge on any atom is -0.465 e. The van der Waals surface area contributed by atoms with Crippen LogP contribution in [0.25, 0.3) is 0 Å². The minimum absolute atomic E-state index is 0.0642. The summed E-state index contributed by atoms with van der Waals surface area (Å²) in [4.78, 5) is 25.1. The quantitative estimate of drug-likeness (QED) is 0.0195. The van der Waals surface area contributed by atoms with Crippen molar-refractivity contribution in [3.63, 3.8) is 0 Å². The van der Waals surface area contributed by atoms with E-state index in [0.717, 1.165) is 89.9 Å². The first-order chi connectivity index (χ1) is 38.2. The first-order valence-corrected chi connectivity index (χ1v) is 32.2. The zero-order chi connectivity index (χ0) is 56.6. The maximum atomic E-state index is 13.1. The molecular formula is C67H119NO10. The summed E-state index contributed by atoms with van der Waals surface area (Å²) in [7, 11) is 0. The molecule has 0 saturated carbocycles. The number of hydrogen-bond acceptors (Lipinski definition) is 10. The molecule has 0 aromatic rings. The van der Waals surface area contributed by atoms with Crippen LogP contribution in [0.4, 0.5) is 0 Å². The molecule has 0 aliphatic carbocycles. The van der Waals surface area contributed by atoms with Gasteiger partial charge in [0.25, 0.3) is 0 Å². The van der Waals surface area contributed by atoms with Crippen LogP contribution in [0.3, 0.4) is 0 Å². The Morgan fingerprint density at radius 2 is 0.885 bits per heavy atom. The summed E-state index contributed by atoms with van der Waals surface area (Å²) in [5, 5.41) is 54.5. The Balaban J connectivity index is 2.10. The third-order valence-corrected chi connectivity index (χ3v) is 14.8. The van der Waals surface area contributed by atoms with Crippen LogP contribution in [0.15, 0.2) is 72.9 Å². The van der Waals surface area contributed by atoms with Crippen molar-refractivity contribution in [2.45, 2.75) is 320 Å². The summed E-state index contributed by atoms with van der Waals surface area (Å²) in [6.45, 7) is 4.17. The lowest BCUT2D eigenvalue weighted by Crippen LogP contribution is -2.60. The Morgan fingerprint density at radius 1 is 0.474 bits per heavy atom. The number of ether oxygens (including phenoxy) is 3. The van der Waals surface area contributed by atoms with Gasteiger partial charge in [-0.15, -0.1) is 0 Å². The SMILES string of the molecule is CCCC/C=C\C/C=C\CCCCCCCC(=O)OCC/C=C\C/C=C\CCCCCCCCCCCCCCCCC(=O)NC(COC1OC(CO)C(O)C(O)C1O)C(O)/C=C/CC/C=C/CCCCCCCCCCC. The Labute approximate surface area is 477 Å². The number of aliphatic hydroxyl groups excluding tert-OH is 5. The van der Waals surface area contributed by atoms with Gasteiger partial charge in [-0.25, -0.2) is 0 Å². The summed E-state index contributed by atoms with van der Waals surface area (Å²) in [6.07, 6.45) is 64.4. The largest absolute Gasteiger partial charge is 0.465 e. The molecule has 7 atom stereocenters. The molecule has 0 spiro atoms. The number of hydrogen-bond donors (Lipinski definition) is 6. The lowest BCUT2D eigenvalue weighted by molar-refractivity contribution is -0.302. The third-order valence-electron chi connectivity index (χ3n) is 14.8. The number of rotatable bonds is 55. The van der Waals surface area contributed by atoms with E-state index >= 15 is 0 Å². The van der Waals surface area contributed by atoms with E-state index in [2.05, 4.69) is 79.9 Å². The van der Waals surface area contributed by atoms with Crippen LogP contribution >= 0.6 is 0 Å². The van der Waals surface area contributed by atoms with Crippen LogP contribution in [-0.2, 0) is 23.8 Å². The third kappa shape index (κ3) is 44.8. The van der Waals surface area contributed by atoms with E-state index in [-0.39, 0.29) is 18.5 Å². The van der Waals surface area contributed by atoms with Gasteiger partial charge < -0.3 is 45.1 Å². The zero-order valence-electron chi connectivity index (χ0n) is 49.9. The van der Waals surface area contributed by atoms with Crippen LogP contribution in [0.2, 0.25) is 0 Å². The summed E-state index contributed by atoms with van der Waals surface area (Å²) in [5.41, 5.74) is 0. The lowest BCUT2D eigenvalue weighted by atomic mass is 9.99. The standard InChI is InChI=1S/C67H119NO10/c1-3-5-7-9-11-13-15-17-26-29-33-37-41-45-49-53-60(70)59(58-77-67-66(75)65(74)64(73)61(57-69)78-67)68-62(71)54-50-46-42-38-34-30-27-24-22-20-19-21-23-25-28-32-36-40-44-48-52-56-76-63(72)55-51-47-43-39-35-31-18-16-14-12-10-8-6-4-2/h10,12,16,18,32-33,36-37,44,48-49,53,59-61,64-67,69-70,73-75H,3-9,11,13-15,17,19-31,34-35,38-43,45-47,50-52,54-58H2,1-2H3,(H,68,71)/b12-10-,18-16-,36-32-,37-33+,48-44-,53-49+. The molecule has 1 amide bonds. The van der Waals surface area contributed by atoms with Crippen molar-refractivity contribution in [3.05, 3.63) is 72.9 Å². The van der Waals surface area contributed by atoms with E-state index in [4.69, 9.17) is 14.2 Å². The summed E-state index contributed by atoms with van der Waals surface area (Å²) in [6, 6.07) is -0.834. The summed E-state index contributed by atoms with van der Waals surface area (Å²) in [5.74, 6) is -0.261. The van der Waals surface area contributed by atoms with Gasteiger partial charge in [0, 0.05) is 12.8 Å². The van der Waals surface area contributed by atoms with Crippen molar-refractivity contribution in [3.8, 4) is 0 Å². The molecule has 0 radical (unpaired) electrons. The van der Waals surface area contributed by atoms with Crippen LogP contribution in [0, 0.1) is 0 Å². The van der Waals surface area contributed by atoms with E-state index in [1.54, 1.807) is 6.08 Å². The first kappa shape index (κ1) is 73.1. The van der Waals surface area contributed by atoms with Crippen LogP contribution < -0.4 is 5.32 Å². The van der Waals surface area contributed by atoms with Crippen LogP contribution in [-0.4, -0.2) is 100 Å². The van der Waals surface area contributed by atoms with Gasteiger partial charge in [0.2, 0.25) is 5.91 Å². The maximum Gasteiger partial charge on any atom is 0.305 e. The fraction of sp³-hybridized carbons (Fsp3) is 0.791. The maximum absolute atomic E-state index is 13.1. The molecule has 0 aromatic carbocycles. The number of amides is 1. The van der Waals surface area contributed by atoms with Gasteiger partial charge in [-0.2, -0.15) is 0 Å². The van der Waals surface area contributed by atoms with E-state index < -0.39 is 49.5 Å². The van der Waals surface area contributed by atoms with Crippen molar-refractivity contribution in [1.82, 2.24) is 5.32 Å². The molecule has 1 aliphatic rings. The second kappa shape index (κ2) is 56.0. The molecule has 0 bridgehead atoms. The Morgan fingerprint density at radius 3 is 1.38 bits per heavy atom. The molecule has 1 fully saturated rings. The van der Waals surface area contributed by atoms with Crippen molar-refractivity contribution < 1.29 is 49.3 Å². The molecule has 11 heteroatoms. The number of carbonyl (C=O) groups is 2. The Hall–Kier alpha value is -2.90. The van der Waals surface area contributed by atoms with Gasteiger partial charge >= 0.3 is 5.97 Å². The number of esters is 1. The molecule has 1 saturated heterocycles. The van der Waals surface area contributed by atoms with Crippen LogP contribution in [0.5, 0.6) is 0 Å². The molecule has 0 aromatic heterocycles. The molecule has 1 heterocycles. The van der Waals surface area contributed by atoms with Gasteiger partial charge in [-0.1, -0.05) is 247 Å². The van der Waals surface area contributed by atoms with E-state index in [1.807, 2.05) is 6.08 Å². The highest BCUT2D eigenvalue weighted by atomic mass is 16.7.